The van der Waals surface area contributed by atoms with Crippen molar-refractivity contribution in [1.82, 2.24) is 0 Å². The average Bonchev–Trinajstić information content (AvgIpc) is 2.46. The van der Waals surface area contributed by atoms with Gasteiger partial charge in [-0.2, -0.15) is 18.4 Å². The molecule has 1 aromatic carbocycles. The summed E-state index contributed by atoms with van der Waals surface area (Å²) in [6.07, 6.45) is -5.00. The first-order chi connectivity index (χ1) is 9.86. The summed E-state index contributed by atoms with van der Waals surface area (Å²) >= 11 is 0. The highest BCUT2D eigenvalue weighted by Crippen LogP contribution is 2.35. The molecule has 1 saturated heterocycles. The third-order valence-corrected chi connectivity index (χ3v) is 3.47. The van der Waals surface area contributed by atoms with E-state index in [-0.39, 0.29) is 12.6 Å². The van der Waals surface area contributed by atoms with Crippen molar-refractivity contribution in [2.45, 2.75) is 25.2 Å². The number of benzene rings is 1. The van der Waals surface area contributed by atoms with Crippen LogP contribution in [0.2, 0.25) is 0 Å². The number of halogens is 3. The van der Waals surface area contributed by atoms with Gasteiger partial charge in [-0.05, 0) is 25.1 Å². The maximum Gasteiger partial charge on any atom is 0.417 e. The molecule has 0 radical (unpaired) electrons. The minimum absolute atomic E-state index is 0.109. The van der Waals surface area contributed by atoms with Gasteiger partial charge in [0.15, 0.2) is 0 Å². The summed E-state index contributed by atoms with van der Waals surface area (Å²) in [4.78, 5) is 1.75. The van der Waals surface area contributed by atoms with Crippen LogP contribution in [0.1, 0.15) is 18.1 Å². The highest BCUT2D eigenvalue weighted by Gasteiger charge is 2.35. The van der Waals surface area contributed by atoms with Crippen molar-refractivity contribution in [2.75, 3.05) is 24.7 Å². The SMILES string of the molecule is CC1COC(CO)CN1c1ccc(C#N)c(C(F)(F)F)c1. The number of aliphatic hydroxyl groups excluding tert-OH is 1. The van der Waals surface area contributed by atoms with Gasteiger partial charge in [-0.1, -0.05) is 0 Å². The predicted molar refractivity (Wildman–Crippen MR) is 69.8 cm³/mol. The van der Waals surface area contributed by atoms with Crippen LogP contribution in [0.5, 0.6) is 0 Å². The van der Waals surface area contributed by atoms with Crippen molar-refractivity contribution >= 4 is 5.69 Å². The highest BCUT2D eigenvalue weighted by molar-refractivity contribution is 5.55. The first-order valence-electron chi connectivity index (χ1n) is 6.47. The molecule has 0 aliphatic carbocycles. The lowest BCUT2D eigenvalue weighted by molar-refractivity contribution is -0.137. The normalized spacial score (nSPS) is 23.0. The van der Waals surface area contributed by atoms with E-state index in [0.29, 0.717) is 18.8 Å². The summed E-state index contributed by atoms with van der Waals surface area (Å²) in [5, 5.41) is 17.9. The molecular formula is C14H15F3N2O2. The second kappa shape index (κ2) is 5.92. The summed E-state index contributed by atoms with van der Waals surface area (Å²) in [7, 11) is 0. The highest BCUT2D eigenvalue weighted by atomic mass is 19.4. The van der Waals surface area contributed by atoms with E-state index in [1.165, 1.54) is 12.1 Å². The van der Waals surface area contributed by atoms with Crippen LogP contribution in [0, 0.1) is 11.3 Å². The van der Waals surface area contributed by atoms with Crippen LogP contribution in [0.15, 0.2) is 18.2 Å². The minimum Gasteiger partial charge on any atom is -0.394 e. The van der Waals surface area contributed by atoms with Crippen LogP contribution >= 0.6 is 0 Å². The number of ether oxygens (including phenoxy) is 1. The Balaban J connectivity index is 2.38. The molecule has 2 unspecified atom stereocenters. The molecule has 1 aromatic rings. The molecule has 1 N–H and O–H groups in total. The Hall–Kier alpha value is -1.78. The van der Waals surface area contributed by atoms with Gasteiger partial charge in [0, 0.05) is 18.3 Å². The third-order valence-electron chi connectivity index (χ3n) is 3.47. The van der Waals surface area contributed by atoms with Gasteiger partial charge in [0.25, 0.3) is 0 Å². The summed E-state index contributed by atoms with van der Waals surface area (Å²) in [5.41, 5.74) is -0.969. The number of morpholine rings is 1. The standard InChI is InChI=1S/C14H15F3N2O2/c1-9-8-21-12(7-20)6-19(9)11-3-2-10(5-18)13(4-11)14(15,16)17/h2-4,9,12,20H,6-8H2,1H3. The monoisotopic (exact) mass is 300 g/mol. The Kier molecular flexibility index (Phi) is 4.40. The lowest BCUT2D eigenvalue weighted by atomic mass is 10.0. The Bertz CT molecular complexity index is 554. The van der Waals surface area contributed by atoms with E-state index in [0.717, 1.165) is 6.07 Å². The van der Waals surface area contributed by atoms with Crippen LogP contribution < -0.4 is 4.90 Å². The molecule has 2 atom stereocenters. The molecule has 0 saturated carbocycles. The van der Waals surface area contributed by atoms with Crippen LogP contribution in [0.3, 0.4) is 0 Å². The number of nitrogens with zero attached hydrogens (tertiary/aromatic N) is 2. The average molecular weight is 300 g/mol. The van der Waals surface area contributed by atoms with Crippen molar-refractivity contribution in [3.05, 3.63) is 29.3 Å². The first-order valence-corrected chi connectivity index (χ1v) is 6.47. The minimum atomic E-state index is -4.58. The van der Waals surface area contributed by atoms with Crippen molar-refractivity contribution in [2.24, 2.45) is 0 Å². The summed E-state index contributed by atoms with van der Waals surface area (Å²) in [6.45, 7) is 2.28. The fourth-order valence-corrected chi connectivity index (χ4v) is 2.33. The second-order valence-corrected chi connectivity index (χ2v) is 4.98. The molecule has 1 aliphatic heterocycles. The van der Waals surface area contributed by atoms with E-state index in [9.17, 15) is 13.2 Å². The number of aliphatic hydroxyl groups is 1. The number of alkyl halides is 3. The second-order valence-electron chi connectivity index (χ2n) is 4.98. The number of hydrogen-bond donors (Lipinski definition) is 1. The zero-order valence-corrected chi connectivity index (χ0v) is 11.4. The van der Waals surface area contributed by atoms with Crippen molar-refractivity contribution < 1.29 is 23.0 Å². The molecule has 4 nitrogen and oxygen atoms in total. The van der Waals surface area contributed by atoms with Gasteiger partial charge >= 0.3 is 6.18 Å². The topological polar surface area (TPSA) is 56.5 Å². The lowest BCUT2D eigenvalue weighted by Gasteiger charge is -2.39. The van der Waals surface area contributed by atoms with E-state index < -0.39 is 23.4 Å². The van der Waals surface area contributed by atoms with Gasteiger partial charge in [0.2, 0.25) is 0 Å². The largest absolute Gasteiger partial charge is 0.417 e. The zero-order chi connectivity index (χ0) is 15.6. The van der Waals surface area contributed by atoms with Gasteiger partial charge in [-0.3, -0.25) is 0 Å². The fourth-order valence-electron chi connectivity index (χ4n) is 2.33. The quantitative estimate of drug-likeness (QED) is 0.909. The molecule has 1 heterocycles. The van der Waals surface area contributed by atoms with E-state index >= 15 is 0 Å². The van der Waals surface area contributed by atoms with Crippen molar-refractivity contribution in [3.8, 4) is 6.07 Å². The van der Waals surface area contributed by atoms with E-state index in [2.05, 4.69) is 0 Å². The molecule has 0 aromatic heterocycles. The number of hydrogen-bond acceptors (Lipinski definition) is 4. The van der Waals surface area contributed by atoms with Crippen LogP contribution in [-0.4, -0.2) is 37.0 Å². The molecule has 0 spiro atoms. The summed E-state index contributed by atoms with van der Waals surface area (Å²) < 4.78 is 44.3. The number of nitriles is 1. The lowest BCUT2D eigenvalue weighted by Crippen LogP contribution is -2.49. The van der Waals surface area contributed by atoms with Gasteiger partial charge in [-0.15, -0.1) is 0 Å². The molecular weight excluding hydrogens is 285 g/mol. The molecule has 1 aliphatic rings. The molecule has 114 valence electrons. The Morgan fingerprint density at radius 2 is 2.19 bits per heavy atom. The van der Waals surface area contributed by atoms with Gasteiger partial charge in [0.1, 0.15) is 0 Å². The maximum absolute atomic E-state index is 13.0. The van der Waals surface area contributed by atoms with E-state index in [1.54, 1.807) is 11.0 Å². The molecule has 0 bridgehead atoms. The molecule has 7 heteroatoms. The molecule has 1 fully saturated rings. The van der Waals surface area contributed by atoms with Crippen LogP contribution in [0.25, 0.3) is 0 Å². The maximum atomic E-state index is 13.0. The van der Waals surface area contributed by atoms with Crippen molar-refractivity contribution in [1.29, 1.82) is 5.26 Å². The van der Waals surface area contributed by atoms with E-state index in [4.69, 9.17) is 15.1 Å². The Morgan fingerprint density at radius 3 is 2.76 bits per heavy atom. The summed E-state index contributed by atoms with van der Waals surface area (Å²) in [5.74, 6) is 0. The van der Waals surface area contributed by atoms with Crippen molar-refractivity contribution in [3.63, 3.8) is 0 Å². The number of anilines is 1. The molecule has 21 heavy (non-hydrogen) atoms. The third kappa shape index (κ3) is 3.28. The van der Waals surface area contributed by atoms with Gasteiger partial charge < -0.3 is 14.7 Å². The smallest absolute Gasteiger partial charge is 0.394 e. The fraction of sp³-hybridized carbons (Fsp3) is 0.500. The van der Waals surface area contributed by atoms with Crippen LogP contribution in [-0.2, 0) is 10.9 Å². The first kappa shape index (κ1) is 15.6. The molecule has 0 amide bonds. The predicted octanol–water partition coefficient (Wildman–Crippen LogP) is 2.16. The van der Waals surface area contributed by atoms with E-state index in [1.807, 2.05) is 6.92 Å². The van der Waals surface area contributed by atoms with Gasteiger partial charge in [-0.25, -0.2) is 0 Å². The summed E-state index contributed by atoms with van der Waals surface area (Å²) in [6, 6.07) is 5.10. The zero-order valence-electron chi connectivity index (χ0n) is 11.4. The number of rotatable bonds is 2. The Labute approximate surface area is 120 Å². The van der Waals surface area contributed by atoms with Crippen LogP contribution in [0.4, 0.5) is 18.9 Å². The van der Waals surface area contributed by atoms with Gasteiger partial charge in [0.05, 0.1) is 36.5 Å². The Morgan fingerprint density at radius 1 is 1.48 bits per heavy atom. The molecule has 2 rings (SSSR count).